The fraction of sp³-hybridized carbons (Fsp3) is 0.316. The maximum absolute atomic E-state index is 13.1. The second-order valence-electron chi connectivity index (χ2n) is 6.50. The zero-order valence-electron chi connectivity index (χ0n) is 15.6. The smallest absolute Gasteiger partial charge is 0.323 e. The van der Waals surface area contributed by atoms with Gasteiger partial charge in [0.05, 0.1) is 0 Å². The first-order valence-electron chi connectivity index (χ1n) is 8.75. The molecule has 28 heavy (non-hydrogen) atoms. The van der Waals surface area contributed by atoms with E-state index >= 15 is 0 Å². The second-order valence-corrected chi connectivity index (χ2v) is 6.50. The normalized spacial score (nSPS) is 11.0. The number of hydrogen-bond acceptors (Lipinski definition) is 5. The van der Waals surface area contributed by atoms with Crippen molar-refractivity contribution >= 4 is 17.7 Å². The third-order valence-electron chi connectivity index (χ3n) is 4.54. The van der Waals surface area contributed by atoms with E-state index in [0.717, 1.165) is 17.0 Å². The van der Waals surface area contributed by atoms with Gasteiger partial charge in [0.25, 0.3) is 5.78 Å². The van der Waals surface area contributed by atoms with Gasteiger partial charge < -0.3 is 10.0 Å². The number of carboxylic acid groups (broad SMARTS) is 1. The summed E-state index contributed by atoms with van der Waals surface area (Å²) in [7, 11) is 0. The Morgan fingerprint density at radius 1 is 1.21 bits per heavy atom. The monoisotopic (exact) mass is 385 g/mol. The summed E-state index contributed by atoms with van der Waals surface area (Å²) in [5.41, 5.74) is 3.14. The van der Waals surface area contributed by atoms with E-state index in [1.54, 1.807) is 4.52 Å². The fourth-order valence-electron chi connectivity index (χ4n) is 3.11. The summed E-state index contributed by atoms with van der Waals surface area (Å²) >= 11 is 0. The molecule has 0 saturated heterocycles. The number of rotatable bonds is 7. The average Bonchev–Trinajstić information content (AvgIpc) is 3.10. The molecule has 0 spiro atoms. The zero-order chi connectivity index (χ0) is 20.3. The molecule has 3 aromatic rings. The highest BCUT2D eigenvalue weighted by molar-refractivity contribution is 5.81. The minimum Gasteiger partial charge on any atom is -0.480 e. The number of hydrogen-bond donors (Lipinski definition) is 1. The van der Waals surface area contributed by atoms with Gasteiger partial charge in [-0.25, -0.2) is 13.9 Å². The van der Waals surface area contributed by atoms with Crippen LogP contribution in [0.5, 0.6) is 0 Å². The summed E-state index contributed by atoms with van der Waals surface area (Å²) < 4.78 is 14.7. The maximum atomic E-state index is 13.1. The SMILES string of the molecule is Cc1nc2ncnn2c(C)c1CCC(=O)N(CC(=O)O)Cc1ccc(F)cc1. The molecule has 9 heteroatoms. The standard InChI is InChI=1S/C19H20FN5O3/c1-12-16(13(2)25-19(23-12)21-11-22-25)7-8-17(26)24(10-18(27)28)9-14-3-5-15(20)6-4-14/h3-6,11H,7-10H2,1-2H3,(H,27,28). The number of aromatic nitrogens is 4. The molecule has 0 unspecified atom stereocenters. The van der Waals surface area contributed by atoms with Gasteiger partial charge in [-0.05, 0) is 43.5 Å². The van der Waals surface area contributed by atoms with Crippen molar-refractivity contribution in [2.75, 3.05) is 6.54 Å². The molecule has 0 atom stereocenters. The van der Waals surface area contributed by atoms with Crippen molar-refractivity contribution in [2.45, 2.75) is 33.2 Å². The van der Waals surface area contributed by atoms with Crippen LogP contribution in [-0.2, 0) is 22.6 Å². The predicted octanol–water partition coefficient (Wildman–Crippen LogP) is 1.93. The van der Waals surface area contributed by atoms with Gasteiger partial charge in [0.1, 0.15) is 18.7 Å². The molecule has 2 aromatic heterocycles. The molecular weight excluding hydrogens is 365 g/mol. The van der Waals surface area contributed by atoms with Crippen LogP contribution < -0.4 is 0 Å². The first kappa shape index (κ1) is 19.4. The average molecular weight is 385 g/mol. The van der Waals surface area contributed by atoms with Crippen LogP contribution >= 0.6 is 0 Å². The maximum Gasteiger partial charge on any atom is 0.323 e. The van der Waals surface area contributed by atoms with Crippen LogP contribution in [0.3, 0.4) is 0 Å². The number of aryl methyl sites for hydroxylation is 2. The van der Waals surface area contributed by atoms with E-state index in [1.165, 1.54) is 35.5 Å². The van der Waals surface area contributed by atoms with E-state index in [4.69, 9.17) is 5.11 Å². The Balaban J connectivity index is 1.74. The van der Waals surface area contributed by atoms with Gasteiger partial charge in [-0.1, -0.05) is 12.1 Å². The number of halogens is 1. The number of benzene rings is 1. The lowest BCUT2D eigenvalue weighted by Crippen LogP contribution is -2.35. The molecule has 0 bridgehead atoms. The van der Waals surface area contributed by atoms with E-state index in [-0.39, 0.29) is 24.7 Å². The highest BCUT2D eigenvalue weighted by Gasteiger charge is 2.19. The lowest BCUT2D eigenvalue weighted by Gasteiger charge is -2.21. The van der Waals surface area contributed by atoms with E-state index < -0.39 is 12.5 Å². The lowest BCUT2D eigenvalue weighted by molar-refractivity contribution is -0.144. The summed E-state index contributed by atoms with van der Waals surface area (Å²) in [6.45, 7) is 3.40. The van der Waals surface area contributed by atoms with Crippen molar-refractivity contribution in [3.8, 4) is 0 Å². The van der Waals surface area contributed by atoms with Crippen LogP contribution in [0.4, 0.5) is 4.39 Å². The summed E-state index contributed by atoms with van der Waals surface area (Å²) in [6, 6.07) is 5.64. The van der Waals surface area contributed by atoms with E-state index in [9.17, 15) is 14.0 Å². The largest absolute Gasteiger partial charge is 0.480 e. The van der Waals surface area contributed by atoms with E-state index in [1.807, 2.05) is 13.8 Å². The van der Waals surface area contributed by atoms with Crippen LogP contribution in [0.1, 0.15) is 28.9 Å². The second kappa shape index (κ2) is 8.12. The summed E-state index contributed by atoms with van der Waals surface area (Å²) in [5.74, 6) is -1.30. The molecule has 1 N–H and O–H groups in total. The summed E-state index contributed by atoms with van der Waals surface area (Å²) in [4.78, 5) is 33.6. The van der Waals surface area contributed by atoms with Crippen molar-refractivity contribution in [1.29, 1.82) is 0 Å². The van der Waals surface area contributed by atoms with E-state index in [2.05, 4.69) is 15.1 Å². The number of nitrogens with zero attached hydrogens (tertiary/aromatic N) is 5. The molecule has 1 aromatic carbocycles. The van der Waals surface area contributed by atoms with Gasteiger partial charge in [0, 0.05) is 24.4 Å². The molecule has 0 aliphatic heterocycles. The Kier molecular flexibility index (Phi) is 5.62. The minimum atomic E-state index is -1.10. The summed E-state index contributed by atoms with van der Waals surface area (Å²) in [6.07, 6.45) is 1.94. The molecule has 2 heterocycles. The predicted molar refractivity (Wildman–Crippen MR) is 98.0 cm³/mol. The first-order valence-corrected chi connectivity index (χ1v) is 8.75. The van der Waals surface area contributed by atoms with Crippen molar-refractivity contribution in [3.63, 3.8) is 0 Å². The Labute approximate surface area is 160 Å². The molecule has 146 valence electrons. The summed E-state index contributed by atoms with van der Waals surface area (Å²) in [5, 5.41) is 13.3. The first-order chi connectivity index (χ1) is 13.3. The molecule has 8 nitrogen and oxygen atoms in total. The van der Waals surface area contributed by atoms with Gasteiger partial charge in [-0.2, -0.15) is 10.1 Å². The van der Waals surface area contributed by atoms with Crippen LogP contribution in [0, 0.1) is 19.7 Å². The number of carbonyl (C=O) groups is 2. The van der Waals surface area contributed by atoms with Crippen molar-refractivity contribution in [1.82, 2.24) is 24.5 Å². The zero-order valence-corrected chi connectivity index (χ0v) is 15.6. The molecule has 0 radical (unpaired) electrons. The van der Waals surface area contributed by atoms with Gasteiger partial charge in [-0.15, -0.1) is 0 Å². The third kappa shape index (κ3) is 4.30. The molecule has 0 aliphatic rings. The molecule has 0 aliphatic carbocycles. The number of carboxylic acids is 1. The van der Waals surface area contributed by atoms with Gasteiger partial charge in [0.2, 0.25) is 5.91 Å². The Morgan fingerprint density at radius 2 is 1.93 bits per heavy atom. The van der Waals surface area contributed by atoms with Crippen molar-refractivity contribution in [3.05, 3.63) is 58.9 Å². The van der Waals surface area contributed by atoms with Gasteiger partial charge >= 0.3 is 5.97 Å². The Morgan fingerprint density at radius 3 is 2.61 bits per heavy atom. The number of fused-ring (bicyclic) bond motifs is 1. The number of aliphatic carboxylic acids is 1. The lowest BCUT2D eigenvalue weighted by atomic mass is 10.1. The van der Waals surface area contributed by atoms with Crippen molar-refractivity contribution in [2.24, 2.45) is 0 Å². The van der Waals surface area contributed by atoms with Crippen LogP contribution in [0.25, 0.3) is 5.78 Å². The molecule has 0 fully saturated rings. The molecule has 1 amide bonds. The highest BCUT2D eigenvalue weighted by atomic mass is 19.1. The molecule has 3 rings (SSSR count). The molecular formula is C19H20FN5O3. The topological polar surface area (TPSA) is 101 Å². The Bertz CT molecular complexity index is 1020. The van der Waals surface area contributed by atoms with Crippen LogP contribution in [-0.4, -0.2) is 48.0 Å². The minimum absolute atomic E-state index is 0.101. The Hall–Kier alpha value is -3.36. The quantitative estimate of drug-likeness (QED) is 0.667. The van der Waals surface area contributed by atoms with Gasteiger partial charge in [-0.3, -0.25) is 9.59 Å². The third-order valence-corrected chi connectivity index (χ3v) is 4.54. The van der Waals surface area contributed by atoms with Gasteiger partial charge in [0.15, 0.2) is 0 Å². The molecule has 0 saturated carbocycles. The number of carbonyl (C=O) groups excluding carboxylic acids is 1. The number of amides is 1. The van der Waals surface area contributed by atoms with Crippen molar-refractivity contribution < 1.29 is 19.1 Å². The fourth-order valence-corrected chi connectivity index (χ4v) is 3.11. The highest BCUT2D eigenvalue weighted by Crippen LogP contribution is 2.16. The van der Waals surface area contributed by atoms with Crippen LogP contribution in [0.15, 0.2) is 30.6 Å². The van der Waals surface area contributed by atoms with E-state index in [0.29, 0.717) is 17.8 Å². The van der Waals surface area contributed by atoms with Crippen LogP contribution in [0.2, 0.25) is 0 Å².